The Balaban J connectivity index is 1.94. The number of aryl methyl sites for hydroxylation is 3. The fourth-order valence-electron chi connectivity index (χ4n) is 2.31. The fraction of sp³-hybridized carbons (Fsp3) is 0.533. The summed E-state index contributed by atoms with van der Waals surface area (Å²) in [5, 5.41) is 12.8. The molecule has 0 spiro atoms. The van der Waals surface area contributed by atoms with Gasteiger partial charge in [-0.2, -0.15) is 10.2 Å². The first-order chi connectivity index (χ1) is 11.0. The molecule has 0 unspecified atom stereocenters. The Morgan fingerprint density at radius 1 is 1.39 bits per heavy atom. The normalized spacial score (nSPS) is 10.8. The van der Waals surface area contributed by atoms with E-state index in [9.17, 15) is 0 Å². The molecule has 126 valence electrons. The summed E-state index contributed by atoms with van der Waals surface area (Å²) in [5.41, 5.74) is 3.33. The van der Waals surface area contributed by atoms with Gasteiger partial charge in [-0.1, -0.05) is 0 Å². The summed E-state index contributed by atoms with van der Waals surface area (Å²) in [6, 6.07) is 0. The first-order valence-corrected chi connectivity index (χ1v) is 8.88. The van der Waals surface area contributed by atoms with Crippen molar-refractivity contribution < 1.29 is 0 Å². The Morgan fingerprint density at radius 2 is 2.13 bits per heavy atom. The highest BCUT2D eigenvalue weighted by atomic mass is 79.9. The van der Waals surface area contributed by atoms with Gasteiger partial charge in [0.2, 0.25) is 0 Å². The molecule has 0 bridgehead atoms. The predicted octanol–water partition coefficient (Wildman–Crippen LogP) is 2.70. The Bertz CT molecular complexity index is 678. The molecule has 2 aromatic rings. The van der Waals surface area contributed by atoms with Crippen LogP contribution in [0.15, 0.2) is 16.9 Å². The van der Waals surface area contributed by atoms with Crippen molar-refractivity contribution in [3.8, 4) is 0 Å². The maximum Gasteiger partial charge on any atom is 0.169 e. The van der Waals surface area contributed by atoms with Gasteiger partial charge in [-0.15, -0.1) is 0 Å². The van der Waals surface area contributed by atoms with Crippen LogP contribution in [-0.2, 0) is 26.2 Å². The van der Waals surface area contributed by atoms with Gasteiger partial charge in [-0.25, -0.2) is 0 Å². The van der Waals surface area contributed by atoms with Gasteiger partial charge in [-0.05, 0) is 48.9 Å². The van der Waals surface area contributed by atoms with Crippen molar-refractivity contribution in [2.75, 3.05) is 7.05 Å². The van der Waals surface area contributed by atoms with Crippen molar-refractivity contribution in [2.24, 2.45) is 0 Å². The van der Waals surface area contributed by atoms with E-state index in [4.69, 9.17) is 12.2 Å². The van der Waals surface area contributed by atoms with Crippen molar-refractivity contribution in [1.82, 2.24) is 29.8 Å². The van der Waals surface area contributed by atoms with E-state index in [0.717, 1.165) is 29.0 Å². The zero-order chi connectivity index (χ0) is 17.0. The van der Waals surface area contributed by atoms with Crippen LogP contribution in [0.25, 0.3) is 0 Å². The summed E-state index contributed by atoms with van der Waals surface area (Å²) in [6.45, 7) is 9.28. The number of hydrogen-bond acceptors (Lipinski definition) is 3. The highest BCUT2D eigenvalue weighted by Crippen LogP contribution is 2.17. The molecule has 0 saturated heterocycles. The lowest BCUT2D eigenvalue weighted by molar-refractivity contribution is 0.456. The number of aromatic nitrogens is 4. The van der Waals surface area contributed by atoms with Gasteiger partial charge in [0.05, 0.1) is 28.6 Å². The zero-order valence-electron chi connectivity index (χ0n) is 14.0. The molecule has 0 aliphatic rings. The number of halogens is 1. The molecule has 0 fully saturated rings. The van der Waals surface area contributed by atoms with Gasteiger partial charge in [0.1, 0.15) is 0 Å². The minimum Gasteiger partial charge on any atom is -0.358 e. The van der Waals surface area contributed by atoms with Crippen LogP contribution in [-0.4, -0.2) is 36.6 Å². The summed E-state index contributed by atoms with van der Waals surface area (Å²) in [4.78, 5) is 2.02. The molecule has 2 rings (SSSR count). The Labute approximate surface area is 151 Å². The van der Waals surface area contributed by atoms with Crippen molar-refractivity contribution in [1.29, 1.82) is 0 Å². The van der Waals surface area contributed by atoms with Gasteiger partial charge in [-0.3, -0.25) is 9.36 Å². The van der Waals surface area contributed by atoms with Crippen LogP contribution in [0.5, 0.6) is 0 Å². The van der Waals surface area contributed by atoms with E-state index in [1.54, 1.807) is 0 Å². The standard InChI is InChI=1S/C15H23BrN6S/c1-5-21-9-12(11(3)19-21)7-17-15(23)20(4)10-14-13(16)8-18-22(14)6-2/h8-9H,5-7,10H2,1-4H3,(H,17,23). The molecule has 0 radical (unpaired) electrons. The maximum absolute atomic E-state index is 5.49. The predicted molar refractivity (Wildman–Crippen MR) is 99.1 cm³/mol. The van der Waals surface area contributed by atoms with Crippen molar-refractivity contribution in [3.05, 3.63) is 33.8 Å². The summed E-state index contributed by atoms with van der Waals surface area (Å²) >= 11 is 9.04. The lowest BCUT2D eigenvalue weighted by Gasteiger charge is -2.21. The number of nitrogens with zero attached hydrogens (tertiary/aromatic N) is 5. The summed E-state index contributed by atoms with van der Waals surface area (Å²) in [7, 11) is 1.98. The van der Waals surface area contributed by atoms with Gasteiger partial charge in [0, 0.05) is 38.4 Å². The largest absolute Gasteiger partial charge is 0.358 e. The molecule has 0 amide bonds. The maximum atomic E-state index is 5.49. The Hall–Kier alpha value is -1.41. The molecule has 8 heteroatoms. The van der Waals surface area contributed by atoms with Crippen LogP contribution in [0.2, 0.25) is 0 Å². The van der Waals surface area contributed by atoms with Crippen molar-refractivity contribution in [2.45, 2.75) is 47.0 Å². The van der Waals surface area contributed by atoms with E-state index in [1.165, 1.54) is 5.56 Å². The van der Waals surface area contributed by atoms with Crippen LogP contribution in [0.1, 0.15) is 30.8 Å². The summed E-state index contributed by atoms with van der Waals surface area (Å²) < 4.78 is 4.92. The topological polar surface area (TPSA) is 50.9 Å². The third-order valence-corrected chi connectivity index (χ3v) is 4.85. The highest BCUT2D eigenvalue weighted by Gasteiger charge is 2.13. The van der Waals surface area contributed by atoms with Gasteiger partial charge < -0.3 is 10.2 Å². The molecule has 0 aromatic carbocycles. The minimum absolute atomic E-state index is 0.684. The summed E-state index contributed by atoms with van der Waals surface area (Å²) in [5.74, 6) is 0. The van der Waals surface area contributed by atoms with E-state index in [-0.39, 0.29) is 0 Å². The molecule has 6 nitrogen and oxygen atoms in total. The molecule has 0 atom stereocenters. The third-order valence-electron chi connectivity index (χ3n) is 3.73. The van der Waals surface area contributed by atoms with E-state index in [2.05, 4.69) is 51.5 Å². The van der Waals surface area contributed by atoms with Gasteiger partial charge in [0.15, 0.2) is 5.11 Å². The lowest BCUT2D eigenvalue weighted by Crippen LogP contribution is -2.36. The molecule has 0 aliphatic heterocycles. The van der Waals surface area contributed by atoms with Crippen LogP contribution in [0.4, 0.5) is 0 Å². The van der Waals surface area contributed by atoms with E-state index >= 15 is 0 Å². The number of rotatable bonds is 6. The molecule has 1 N–H and O–H groups in total. The van der Waals surface area contributed by atoms with Gasteiger partial charge >= 0.3 is 0 Å². The fourth-order valence-corrected chi connectivity index (χ4v) is 2.87. The highest BCUT2D eigenvalue weighted by molar-refractivity contribution is 9.10. The van der Waals surface area contributed by atoms with Crippen molar-refractivity contribution in [3.63, 3.8) is 0 Å². The zero-order valence-corrected chi connectivity index (χ0v) is 16.4. The van der Waals surface area contributed by atoms with E-state index in [1.807, 2.05) is 34.4 Å². The SMILES string of the molecule is CCn1cc(CNC(=S)N(C)Cc2c(Br)cnn2CC)c(C)n1. The van der Waals surface area contributed by atoms with Crippen LogP contribution in [0.3, 0.4) is 0 Å². The molecule has 2 aromatic heterocycles. The third kappa shape index (κ3) is 4.32. The average molecular weight is 399 g/mol. The Morgan fingerprint density at radius 3 is 2.74 bits per heavy atom. The number of hydrogen-bond donors (Lipinski definition) is 1. The monoisotopic (exact) mass is 398 g/mol. The molecule has 0 saturated carbocycles. The summed E-state index contributed by atoms with van der Waals surface area (Å²) in [6.07, 6.45) is 3.89. The van der Waals surface area contributed by atoms with Crippen molar-refractivity contribution >= 4 is 33.3 Å². The lowest BCUT2D eigenvalue weighted by atomic mass is 10.3. The molecule has 2 heterocycles. The second kappa shape index (κ2) is 7.92. The van der Waals surface area contributed by atoms with Crippen LogP contribution in [0, 0.1) is 6.92 Å². The van der Waals surface area contributed by atoms with E-state index < -0.39 is 0 Å². The molecular weight excluding hydrogens is 376 g/mol. The van der Waals surface area contributed by atoms with Crippen LogP contribution < -0.4 is 5.32 Å². The number of nitrogens with one attached hydrogen (secondary N) is 1. The minimum atomic E-state index is 0.684. The molecule has 0 aliphatic carbocycles. The quantitative estimate of drug-likeness (QED) is 0.757. The second-order valence-corrected chi connectivity index (χ2v) is 6.61. The first kappa shape index (κ1) is 17.9. The average Bonchev–Trinajstić information content (AvgIpc) is 3.08. The smallest absolute Gasteiger partial charge is 0.169 e. The Kier molecular flexibility index (Phi) is 6.17. The number of thiocarbonyl (C=S) groups is 1. The van der Waals surface area contributed by atoms with Crippen LogP contribution >= 0.6 is 28.1 Å². The van der Waals surface area contributed by atoms with E-state index in [0.29, 0.717) is 18.2 Å². The molecule has 23 heavy (non-hydrogen) atoms. The molecular formula is C15H23BrN6S. The second-order valence-electron chi connectivity index (χ2n) is 5.37. The first-order valence-electron chi connectivity index (χ1n) is 7.68. The van der Waals surface area contributed by atoms with Gasteiger partial charge in [0.25, 0.3) is 0 Å².